The minimum Gasteiger partial charge on any atom is -0.370 e. The van der Waals surface area contributed by atoms with Crippen molar-refractivity contribution in [3.05, 3.63) is 23.9 Å². The summed E-state index contributed by atoms with van der Waals surface area (Å²) in [5.41, 5.74) is 6.57. The first-order chi connectivity index (χ1) is 10.2. The Kier molecular flexibility index (Phi) is 4.39. The minimum atomic E-state index is -0.180. The first kappa shape index (κ1) is 14.3. The third-order valence-corrected chi connectivity index (χ3v) is 4.43. The second kappa shape index (κ2) is 6.43. The molecule has 21 heavy (non-hydrogen) atoms. The van der Waals surface area contributed by atoms with E-state index in [4.69, 9.17) is 5.73 Å². The van der Waals surface area contributed by atoms with Crippen molar-refractivity contribution in [3.63, 3.8) is 0 Å². The molecule has 5 nitrogen and oxygen atoms in total. The number of rotatable bonds is 6. The van der Waals surface area contributed by atoms with Gasteiger partial charge in [0.15, 0.2) is 0 Å². The van der Waals surface area contributed by atoms with Crippen molar-refractivity contribution in [1.29, 1.82) is 0 Å². The summed E-state index contributed by atoms with van der Waals surface area (Å²) in [7, 11) is 0. The molecule has 0 bridgehead atoms. The van der Waals surface area contributed by atoms with E-state index in [1.165, 1.54) is 18.4 Å². The average Bonchev–Trinajstić information content (AvgIpc) is 3.30. The number of hydrogen-bond donors (Lipinski definition) is 2. The number of piperidine rings is 1. The molecule has 114 valence electrons. The van der Waals surface area contributed by atoms with Crippen molar-refractivity contribution in [2.45, 2.75) is 44.7 Å². The number of nitrogens with zero attached hydrogens (tertiary/aromatic N) is 2. The Hall–Kier alpha value is -1.62. The first-order valence-electron chi connectivity index (χ1n) is 7.93. The quantitative estimate of drug-likeness (QED) is 0.830. The molecule has 3 N–H and O–H groups in total. The number of carbonyl (C=O) groups is 1. The molecule has 0 radical (unpaired) electrons. The van der Waals surface area contributed by atoms with E-state index in [1.807, 2.05) is 12.3 Å². The largest absolute Gasteiger partial charge is 0.370 e. The van der Waals surface area contributed by atoms with Gasteiger partial charge in [-0.15, -0.1) is 0 Å². The predicted octanol–water partition coefficient (Wildman–Crippen LogP) is 1.43. The molecule has 2 aliphatic rings. The molecule has 0 unspecified atom stereocenters. The molecular formula is C16H24N4O. The Morgan fingerprint density at radius 1 is 1.33 bits per heavy atom. The molecule has 0 atom stereocenters. The Bertz CT molecular complexity index is 493. The van der Waals surface area contributed by atoms with Gasteiger partial charge in [0.2, 0.25) is 5.91 Å². The molecule has 1 aliphatic heterocycles. The number of aromatic nitrogens is 1. The van der Waals surface area contributed by atoms with E-state index in [-0.39, 0.29) is 5.91 Å². The second-order valence-electron chi connectivity index (χ2n) is 6.24. The highest BCUT2D eigenvalue weighted by Crippen LogP contribution is 2.27. The van der Waals surface area contributed by atoms with Crippen LogP contribution in [0.25, 0.3) is 0 Å². The van der Waals surface area contributed by atoms with E-state index in [9.17, 15) is 4.79 Å². The number of nitrogens with two attached hydrogens (primary N) is 1. The van der Waals surface area contributed by atoms with Gasteiger partial charge in [-0.2, -0.15) is 0 Å². The SMILES string of the molecule is NC(=O)CC1CCN(c2ncccc2CNC2CC2)CC1. The molecule has 0 aromatic carbocycles. The lowest BCUT2D eigenvalue weighted by molar-refractivity contribution is -0.119. The van der Waals surface area contributed by atoms with Crippen molar-refractivity contribution in [3.8, 4) is 0 Å². The summed E-state index contributed by atoms with van der Waals surface area (Å²) >= 11 is 0. The maximum absolute atomic E-state index is 11.0. The summed E-state index contributed by atoms with van der Waals surface area (Å²) in [4.78, 5) is 17.9. The van der Waals surface area contributed by atoms with Crippen molar-refractivity contribution in [2.24, 2.45) is 11.7 Å². The van der Waals surface area contributed by atoms with E-state index in [0.29, 0.717) is 18.4 Å². The van der Waals surface area contributed by atoms with Crippen LogP contribution in [0.15, 0.2) is 18.3 Å². The van der Waals surface area contributed by atoms with Crippen molar-refractivity contribution in [2.75, 3.05) is 18.0 Å². The van der Waals surface area contributed by atoms with Crippen LogP contribution < -0.4 is 16.0 Å². The van der Waals surface area contributed by atoms with Crippen LogP contribution in [-0.4, -0.2) is 30.0 Å². The summed E-state index contributed by atoms with van der Waals surface area (Å²) in [6.45, 7) is 2.83. The lowest BCUT2D eigenvalue weighted by atomic mass is 9.93. The Balaban J connectivity index is 1.60. The Morgan fingerprint density at radius 3 is 2.76 bits per heavy atom. The van der Waals surface area contributed by atoms with Crippen molar-refractivity contribution >= 4 is 11.7 Å². The molecule has 1 saturated carbocycles. The van der Waals surface area contributed by atoms with E-state index >= 15 is 0 Å². The van der Waals surface area contributed by atoms with Gasteiger partial charge in [-0.25, -0.2) is 4.98 Å². The van der Waals surface area contributed by atoms with Gasteiger partial charge >= 0.3 is 0 Å². The van der Waals surface area contributed by atoms with Crippen LogP contribution in [0.3, 0.4) is 0 Å². The maximum Gasteiger partial charge on any atom is 0.217 e. The fourth-order valence-corrected chi connectivity index (χ4v) is 3.03. The van der Waals surface area contributed by atoms with E-state index in [1.54, 1.807) is 0 Å². The van der Waals surface area contributed by atoms with Gasteiger partial charge in [-0.1, -0.05) is 6.07 Å². The third kappa shape index (κ3) is 3.94. The third-order valence-electron chi connectivity index (χ3n) is 4.43. The predicted molar refractivity (Wildman–Crippen MR) is 82.8 cm³/mol. The van der Waals surface area contributed by atoms with Crippen LogP contribution >= 0.6 is 0 Å². The Morgan fingerprint density at radius 2 is 2.10 bits per heavy atom. The fraction of sp³-hybridized carbons (Fsp3) is 0.625. The van der Waals surface area contributed by atoms with Gasteiger partial charge in [0, 0.05) is 43.9 Å². The van der Waals surface area contributed by atoms with Crippen LogP contribution in [-0.2, 0) is 11.3 Å². The number of hydrogen-bond acceptors (Lipinski definition) is 4. The van der Waals surface area contributed by atoms with Gasteiger partial charge in [0.1, 0.15) is 5.82 Å². The molecule has 2 heterocycles. The number of primary amides is 1. The van der Waals surface area contributed by atoms with E-state index in [2.05, 4.69) is 21.3 Å². The first-order valence-corrected chi connectivity index (χ1v) is 7.93. The topological polar surface area (TPSA) is 71.2 Å². The number of anilines is 1. The van der Waals surface area contributed by atoms with Crippen LogP contribution in [0, 0.1) is 5.92 Å². The van der Waals surface area contributed by atoms with Gasteiger partial charge in [0.05, 0.1) is 0 Å². The maximum atomic E-state index is 11.0. The van der Waals surface area contributed by atoms with Crippen LogP contribution in [0.1, 0.15) is 37.7 Å². The van der Waals surface area contributed by atoms with E-state index < -0.39 is 0 Å². The zero-order chi connectivity index (χ0) is 14.7. The summed E-state index contributed by atoms with van der Waals surface area (Å²) in [5, 5.41) is 3.56. The molecule has 5 heteroatoms. The number of carbonyl (C=O) groups excluding carboxylic acids is 1. The lowest BCUT2D eigenvalue weighted by Crippen LogP contribution is -2.36. The molecule has 3 rings (SSSR count). The van der Waals surface area contributed by atoms with Gasteiger partial charge in [-0.3, -0.25) is 4.79 Å². The van der Waals surface area contributed by atoms with Crippen molar-refractivity contribution in [1.82, 2.24) is 10.3 Å². The summed E-state index contributed by atoms with van der Waals surface area (Å²) < 4.78 is 0. The van der Waals surface area contributed by atoms with Crippen LogP contribution in [0.5, 0.6) is 0 Å². The van der Waals surface area contributed by atoms with Gasteiger partial charge in [0.25, 0.3) is 0 Å². The monoisotopic (exact) mass is 288 g/mol. The summed E-state index contributed by atoms with van der Waals surface area (Å²) in [5.74, 6) is 1.36. The summed E-state index contributed by atoms with van der Waals surface area (Å²) in [6, 6.07) is 4.87. The molecule has 1 aliphatic carbocycles. The second-order valence-corrected chi connectivity index (χ2v) is 6.24. The zero-order valence-electron chi connectivity index (χ0n) is 12.4. The lowest BCUT2D eigenvalue weighted by Gasteiger charge is -2.33. The number of amides is 1. The molecular weight excluding hydrogens is 264 g/mol. The summed E-state index contributed by atoms with van der Waals surface area (Å²) in [6.07, 6.45) is 7.03. The fourth-order valence-electron chi connectivity index (χ4n) is 3.03. The highest BCUT2D eigenvalue weighted by molar-refractivity contribution is 5.74. The van der Waals surface area contributed by atoms with Gasteiger partial charge < -0.3 is 16.0 Å². The molecule has 1 amide bonds. The molecule has 1 saturated heterocycles. The Labute approximate surface area is 125 Å². The number of nitrogens with one attached hydrogen (secondary N) is 1. The molecule has 2 fully saturated rings. The van der Waals surface area contributed by atoms with Gasteiger partial charge in [-0.05, 0) is 37.7 Å². The minimum absolute atomic E-state index is 0.180. The standard InChI is InChI=1S/C16H24N4O/c17-15(21)10-12-5-8-20(9-6-12)16-13(2-1-7-18-16)11-19-14-3-4-14/h1-2,7,12,14,19H,3-6,8-11H2,(H2,17,21). The molecule has 0 spiro atoms. The van der Waals surface area contributed by atoms with Crippen LogP contribution in [0.2, 0.25) is 0 Å². The zero-order valence-corrected chi connectivity index (χ0v) is 12.4. The normalized spacial score (nSPS) is 19.7. The van der Waals surface area contributed by atoms with Crippen molar-refractivity contribution < 1.29 is 4.79 Å². The number of pyridine rings is 1. The van der Waals surface area contributed by atoms with E-state index in [0.717, 1.165) is 38.3 Å². The van der Waals surface area contributed by atoms with Crippen LogP contribution in [0.4, 0.5) is 5.82 Å². The molecule has 1 aromatic heterocycles. The average molecular weight is 288 g/mol. The highest BCUT2D eigenvalue weighted by atomic mass is 16.1. The molecule has 1 aromatic rings. The smallest absolute Gasteiger partial charge is 0.217 e. The highest BCUT2D eigenvalue weighted by Gasteiger charge is 2.24.